The number of nitrogens with zero attached hydrogens (tertiary/aromatic N) is 2. The number of benzene rings is 2. The van der Waals surface area contributed by atoms with E-state index in [1.807, 2.05) is 32.0 Å². The van der Waals surface area contributed by atoms with Gasteiger partial charge in [0.2, 0.25) is 0 Å². The van der Waals surface area contributed by atoms with E-state index in [0.717, 1.165) is 30.8 Å². The number of hydrogen-bond acceptors (Lipinski definition) is 7. The van der Waals surface area contributed by atoms with E-state index < -0.39 is 17.7 Å². The summed E-state index contributed by atoms with van der Waals surface area (Å²) >= 11 is 0. The van der Waals surface area contributed by atoms with E-state index in [9.17, 15) is 14.7 Å². The zero-order valence-electron chi connectivity index (χ0n) is 21.2. The number of carbonyl (C=O) groups is 2. The van der Waals surface area contributed by atoms with Crippen LogP contribution in [0.5, 0.6) is 11.5 Å². The molecule has 1 amide bonds. The molecule has 1 unspecified atom stereocenters. The predicted molar refractivity (Wildman–Crippen MR) is 136 cm³/mol. The summed E-state index contributed by atoms with van der Waals surface area (Å²) in [5, 5.41) is 11.4. The molecule has 2 aromatic carbocycles. The minimum atomic E-state index is -0.688. The van der Waals surface area contributed by atoms with Crippen LogP contribution in [0.4, 0.5) is 0 Å². The number of hydrogen-bond donors (Lipinski definition) is 1. The molecule has 2 saturated heterocycles. The number of ketones is 1. The van der Waals surface area contributed by atoms with Crippen molar-refractivity contribution in [1.29, 1.82) is 0 Å². The van der Waals surface area contributed by atoms with Gasteiger partial charge in [-0.3, -0.25) is 14.5 Å². The van der Waals surface area contributed by atoms with Gasteiger partial charge in [0.1, 0.15) is 17.3 Å². The smallest absolute Gasteiger partial charge is 0.295 e. The predicted octanol–water partition coefficient (Wildman–Crippen LogP) is 3.55. The molecule has 4 rings (SSSR count). The molecule has 36 heavy (non-hydrogen) atoms. The molecule has 0 spiro atoms. The lowest BCUT2D eigenvalue weighted by Gasteiger charge is -2.29. The van der Waals surface area contributed by atoms with Crippen molar-refractivity contribution in [3.05, 3.63) is 64.7 Å². The number of rotatable bonds is 9. The number of aryl methyl sites for hydroxylation is 1. The van der Waals surface area contributed by atoms with Crippen molar-refractivity contribution in [2.24, 2.45) is 0 Å². The number of likely N-dealkylation sites (tertiary alicyclic amines) is 1. The Bertz CT molecular complexity index is 1120. The van der Waals surface area contributed by atoms with Crippen LogP contribution in [-0.4, -0.2) is 79.7 Å². The highest BCUT2D eigenvalue weighted by Crippen LogP contribution is 2.40. The second-order valence-electron chi connectivity index (χ2n) is 8.98. The number of aliphatic hydroxyl groups excluding tert-OH is 1. The number of methoxy groups -OCH3 is 1. The van der Waals surface area contributed by atoms with Crippen molar-refractivity contribution in [3.63, 3.8) is 0 Å². The quantitative estimate of drug-likeness (QED) is 0.324. The van der Waals surface area contributed by atoms with Gasteiger partial charge in [-0.05, 0) is 61.7 Å². The monoisotopic (exact) mass is 494 g/mol. The maximum atomic E-state index is 13.3. The molecule has 2 heterocycles. The van der Waals surface area contributed by atoms with Crippen LogP contribution in [0.25, 0.3) is 5.76 Å². The summed E-state index contributed by atoms with van der Waals surface area (Å²) in [6, 6.07) is 11.9. The molecule has 8 nitrogen and oxygen atoms in total. The first-order valence-corrected chi connectivity index (χ1v) is 12.4. The molecule has 1 N–H and O–H groups in total. The van der Waals surface area contributed by atoms with Gasteiger partial charge >= 0.3 is 0 Å². The Hall–Kier alpha value is -3.36. The Morgan fingerprint density at radius 3 is 2.39 bits per heavy atom. The zero-order chi connectivity index (χ0) is 25.7. The molecular weight excluding hydrogens is 460 g/mol. The maximum absolute atomic E-state index is 13.3. The second-order valence-corrected chi connectivity index (χ2v) is 8.98. The van der Waals surface area contributed by atoms with Crippen LogP contribution >= 0.6 is 0 Å². The summed E-state index contributed by atoms with van der Waals surface area (Å²) in [7, 11) is 1.58. The van der Waals surface area contributed by atoms with Gasteiger partial charge in [0.05, 0.1) is 38.5 Å². The van der Waals surface area contributed by atoms with Crippen molar-refractivity contribution in [3.8, 4) is 11.5 Å². The molecule has 2 aliphatic heterocycles. The van der Waals surface area contributed by atoms with E-state index >= 15 is 0 Å². The lowest BCUT2D eigenvalue weighted by atomic mass is 9.93. The Kier molecular flexibility index (Phi) is 8.28. The van der Waals surface area contributed by atoms with Gasteiger partial charge in [-0.25, -0.2) is 0 Å². The number of ether oxygens (including phenoxy) is 3. The highest BCUT2D eigenvalue weighted by Gasteiger charge is 2.46. The molecule has 2 aromatic rings. The van der Waals surface area contributed by atoms with E-state index in [-0.39, 0.29) is 11.3 Å². The first-order valence-electron chi connectivity index (χ1n) is 12.4. The van der Waals surface area contributed by atoms with Gasteiger partial charge in [-0.15, -0.1) is 0 Å². The van der Waals surface area contributed by atoms with Crippen LogP contribution in [0.15, 0.2) is 48.0 Å². The van der Waals surface area contributed by atoms with E-state index in [1.165, 1.54) is 0 Å². The van der Waals surface area contributed by atoms with Gasteiger partial charge in [-0.2, -0.15) is 0 Å². The summed E-state index contributed by atoms with van der Waals surface area (Å²) in [4.78, 5) is 30.4. The summed E-state index contributed by atoms with van der Waals surface area (Å²) in [6.07, 6.45) is 0.710. The van der Waals surface area contributed by atoms with Gasteiger partial charge < -0.3 is 24.2 Å². The fourth-order valence-electron chi connectivity index (χ4n) is 4.84. The zero-order valence-corrected chi connectivity index (χ0v) is 21.2. The lowest BCUT2D eigenvalue weighted by molar-refractivity contribution is -0.140. The Morgan fingerprint density at radius 1 is 1.06 bits per heavy atom. The van der Waals surface area contributed by atoms with Crippen LogP contribution in [0.1, 0.15) is 36.1 Å². The molecule has 0 aromatic heterocycles. The average Bonchev–Trinajstić information content (AvgIpc) is 3.14. The fraction of sp³-hybridized carbons (Fsp3) is 0.429. The Labute approximate surface area is 212 Å². The van der Waals surface area contributed by atoms with Crippen molar-refractivity contribution in [2.75, 3.05) is 53.1 Å². The third-order valence-electron chi connectivity index (χ3n) is 6.71. The van der Waals surface area contributed by atoms with Crippen molar-refractivity contribution in [1.82, 2.24) is 9.80 Å². The van der Waals surface area contributed by atoms with Crippen LogP contribution < -0.4 is 9.47 Å². The maximum Gasteiger partial charge on any atom is 0.295 e. The van der Waals surface area contributed by atoms with Gasteiger partial charge in [0, 0.05) is 31.7 Å². The largest absolute Gasteiger partial charge is 0.507 e. The van der Waals surface area contributed by atoms with Crippen molar-refractivity contribution in [2.45, 2.75) is 26.3 Å². The van der Waals surface area contributed by atoms with Crippen LogP contribution in [0.3, 0.4) is 0 Å². The van der Waals surface area contributed by atoms with Crippen LogP contribution in [0, 0.1) is 6.92 Å². The van der Waals surface area contributed by atoms with E-state index in [0.29, 0.717) is 49.8 Å². The molecule has 1 atom stereocenters. The third kappa shape index (κ3) is 5.39. The number of amides is 1. The fourth-order valence-corrected chi connectivity index (χ4v) is 4.84. The van der Waals surface area contributed by atoms with E-state index in [2.05, 4.69) is 4.90 Å². The molecule has 0 radical (unpaired) electrons. The van der Waals surface area contributed by atoms with Gasteiger partial charge in [0.15, 0.2) is 0 Å². The van der Waals surface area contributed by atoms with Crippen LogP contribution in [-0.2, 0) is 14.3 Å². The molecule has 0 saturated carbocycles. The minimum absolute atomic E-state index is 0.101. The number of carbonyl (C=O) groups excluding carboxylic acids is 2. The van der Waals surface area contributed by atoms with Crippen molar-refractivity contribution >= 4 is 17.4 Å². The number of Topliss-reactive ketones (excluding diaryl/α,β-unsaturated/α-hetero) is 1. The SMILES string of the molecule is CCOc1ccc(C(O)=C2C(=O)C(=O)N(CCCN3CCOCC3)C2c2ccc(OC)cc2)c(C)c1. The third-order valence-corrected chi connectivity index (χ3v) is 6.71. The summed E-state index contributed by atoms with van der Waals surface area (Å²) < 4.78 is 16.3. The Balaban J connectivity index is 1.69. The molecule has 8 heteroatoms. The molecule has 2 fully saturated rings. The molecule has 2 aliphatic rings. The normalized spacial score (nSPS) is 20.1. The van der Waals surface area contributed by atoms with Crippen LogP contribution in [0.2, 0.25) is 0 Å². The first-order chi connectivity index (χ1) is 17.4. The topological polar surface area (TPSA) is 88.5 Å². The highest BCUT2D eigenvalue weighted by molar-refractivity contribution is 6.46. The lowest BCUT2D eigenvalue weighted by Crippen LogP contribution is -2.38. The summed E-state index contributed by atoms with van der Waals surface area (Å²) in [5.74, 6) is -0.0894. The highest BCUT2D eigenvalue weighted by atomic mass is 16.5. The van der Waals surface area contributed by atoms with Crippen molar-refractivity contribution < 1.29 is 28.9 Å². The molecule has 0 aliphatic carbocycles. The average molecular weight is 495 g/mol. The van der Waals surface area contributed by atoms with Gasteiger partial charge in [-0.1, -0.05) is 12.1 Å². The minimum Gasteiger partial charge on any atom is -0.507 e. The second kappa shape index (κ2) is 11.6. The molecule has 192 valence electrons. The van der Waals surface area contributed by atoms with E-state index in [4.69, 9.17) is 14.2 Å². The number of aliphatic hydroxyl groups is 1. The number of morpholine rings is 1. The molecular formula is C28H34N2O6. The summed E-state index contributed by atoms with van der Waals surface area (Å²) in [5.41, 5.74) is 2.10. The Morgan fingerprint density at radius 2 is 1.75 bits per heavy atom. The molecule has 0 bridgehead atoms. The summed E-state index contributed by atoms with van der Waals surface area (Å²) in [6.45, 7) is 8.61. The van der Waals surface area contributed by atoms with E-state index in [1.54, 1.807) is 36.3 Å². The first kappa shape index (κ1) is 25.7. The standard InChI is InChI=1S/C28H34N2O6/c1-4-36-22-10-11-23(19(2)18-22)26(31)24-25(20-6-8-21(34-3)9-7-20)30(28(33)27(24)32)13-5-12-29-14-16-35-17-15-29/h6-11,18,25,31H,4-5,12-17H2,1-3H3. The van der Waals surface area contributed by atoms with Gasteiger partial charge in [0.25, 0.3) is 11.7 Å².